The van der Waals surface area contributed by atoms with Gasteiger partial charge < -0.3 is 5.32 Å². The molecule has 0 radical (unpaired) electrons. The minimum Gasteiger partial charge on any atom is -0.348 e. The van der Waals surface area contributed by atoms with Gasteiger partial charge in [0.2, 0.25) is 0 Å². The average molecular weight is 236 g/mol. The SMILES string of the molecule is Cc1cc(C(=O)NC2CCCCC2)ncc1F. The fourth-order valence-electron chi connectivity index (χ4n) is 2.17. The van der Waals surface area contributed by atoms with Crippen molar-refractivity contribution < 1.29 is 9.18 Å². The summed E-state index contributed by atoms with van der Waals surface area (Å²) >= 11 is 0. The number of nitrogens with zero attached hydrogens (tertiary/aromatic N) is 1. The number of rotatable bonds is 2. The van der Waals surface area contributed by atoms with Crippen molar-refractivity contribution >= 4 is 5.91 Å². The monoisotopic (exact) mass is 236 g/mol. The van der Waals surface area contributed by atoms with Gasteiger partial charge in [-0.15, -0.1) is 0 Å². The molecule has 1 amide bonds. The quantitative estimate of drug-likeness (QED) is 0.857. The molecule has 4 heteroatoms. The minimum atomic E-state index is -0.376. The lowest BCUT2D eigenvalue weighted by Gasteiger charge is -2.22. The highest BCUT2D eigenvalue weighted by Gasteiger charge is 2.17. The van der Waals surface area contributed by atoms with Crippen LogP contribution in [0.3, 0.4) is 0 Å². The van der Waals surface area contributed by atoms with Crippen molar-refractivity contribution in [2.24, 2.45) is 0 Å². The molecule has 0 bridgehead atoms. The molecule has 1 N–H and O–H groups in total. The van der Waals surface area contributed by atoms with E-state index in [0.717, 1.165) is 19.0 Å². The summed E-state index contributed by atoms with van der Waals surface area (Å²) in [7, 11) is 0. The number of hydrogen-bond acceptors (Lipinski definition) is 2. The number of nitrogens with one attached hydrogen (secondary N) is 1. The van der Waals surface area contributed by atoms with Crippen LogP contribution in [0, 0.1) is 12.7 Å². The first-order chi connectivity index (χ1) is 8.16. The van der Waals surface area contributed by atoms with E-state index in [2.05, 4.69) is 10.3 Å². The summed E-state index contributed by atoms with van der Waals surface area (Å²) in [6.45, 7) is 1.63. The van der Waals surface area contributed by atoms with Crippen LogP contribution < -0.4 is 5.32 Å². The van der Waals surface area contributed by atoms with Crippen LogP contribution in [-0.2, 0) is 0 Å². The van der Waals surface area contributed by atoms with Gasteiger partial charge in [-0.3, -0.25) is 4.79 Å². The predicted octanol–water partition coefficient (Wildman–Crippen LogP) is 2.59. The average Bonchev–Trinajstić information content (AvgIpc) is 2.34. The van der Waals surface area contributed by atoms with Crippen LogP contribution >= 0.6 is 0 Å². The van der Waals surface area contributed by atoms with Gasteiger partial charge in [0.25, 0.3) is 5.91 Å². The molecule has 0 aliphatic heterocycles. The maximum absolute atomic E-state index is 13.0. The molecule has 1 aliphatic rings. The smallest absolute Gasteiger partial charge is 0.270 e. The molecule has 0 saturated heterocycles. The molecule has 0 atom stereocenters. The molecule has 0 aromatic carbocycles. The van der Waals surface area contributed by atoms with Crippen molar-refractivity contribution in [3.63, 3.8) is 0 Å². The second kappa shape index (κ2) is 5.25. The number of halogens is 1. The number of carbonyl (C=O) groups is 1. The molecule has 1 aromatic heterocycles. The number of aryl methyl sites for hydroxylation is 1. The van der Waals surface area contributed by atoms with Gasteiger partial charge in [0, 0.05) is 6.04 Å². The Morgan fingerprint density at radius 2 is 2.12 bits per heavy atom. The number of carbonyl (C=O) groups excluding carboxylic acids is 1. The maximum atomic E-state index is 13.0. The van der Waals surface area contributed by atoms with Crippen molar-refractivity contribution in [3.05, 3.63) is 29.3 Å². The molecule has 1 aromatic rings. The lowest BCUT2D eigenvalue weighted by Crippen LogP contribution is -2.36. The fourth-order valence-corrected chi connectivity index (χ4v) is 2.17. The van der Waals surface area contributed by atoms with Crippen molar-refractivity contribution in [2.75, 3.05) is 0 Å². The Bertz CT molecular complexity index is 414. The third-order valence-corrected chi connectivity index (χ3v) is 3.22. The van der Waals surface area contributed by atoms with E-state index in [1.807, 2.05) is 0 Å². The minimum absolute atomic E-state index is 0.194. The summed E-state index contributed by atoms with van der Waals surface area (Å²) in [5.41, 5.74) is 0.753. The van der Waals surface area contributed by atoms with Gasteiger partial charge in [-0.05, 0) is 31.4 Å². The zero-order valence-electron chi connectivity index (χ0n) is 10.0. The summed E-state index contributed by atoms with van der Waals surface area (Å²) in [6.07, 6.45) is 6.75. The second-order valence-corrected chi connectivity index (χ2v) is 4.63. The molecule has 1 saturated carbocycles. The Morgan fingerprint density at radius 3 is 2.76 bits per heavy atom. The van der Waals surface area contributed by atoms with Crippen LogP contribution in [0.5, 0.6) is 0 Å². The van der Waals surface area contributed by atoms with Gasteiger partial charge in [0.05, 0.1) is 6.20 Å². The third-order valence-electron chi connectivity index (χ3n) is 3.22. The Morgan fingerprint density at radius 1 is 1.41 bits per heavy atom. The first-order valence-electron chi connectivity index (χ1n) is 6.10. The second-order valence-electron chi connectivity index (χ2n) is 4.63. The van der Waals surface area contributed by atoms with E-state index < -0.39 is 0 Å². The Balaban J connectivity index is 2.01. The molecular formula is C13H17FN2O. The molecule has 3 nitrogen and oxygen atoms in total. The number of aromatic nitrogens is 1. The highest BCUT2D eigenvalue weighted by Crippen LogP contribution is 2.17. The van der Waals surface area contributed by atoms with E-state index in [1.165, 1.54) is 25.3 Å². The molecule has 17 heavy (non-hydrogen) atoms. The number of hydrogen-bond donors (Lipinski definition) is 1. The maximum Gasteiger partial charge on any atom is 0.270 e. The predicted molar refractivity (Wildman–Crippen MR) is 63.3 cm³/mol. The molecule has 1 aliphatic carbocycles. The molecule has 1 heterocycles. The van der Waals surface area contributed by atoms with Gasteiger partial charge in [-0.25, -0.2) is 9.37 Å². The lowest BCUT2D eigenvalue weighted by molar-refractivity contribution is 0.0922. The van der Waals surface area contributed by atoms with Crippen molar-refractivity contribution in [1.82, 2.24) is 10.3 Å². The van der Waals surface area contributed by atoms with E-state index in [4.69, 9.17) is 0 Å². The van der Waals surface area contributed by atoms with Gasteiger partial charge in [-0.1, -0.05) is 19.3 Å². The van der Waals surface area contributed by atoms with Crippen LogP contribution in [0.25, 0.3) is 0 Å². The van der Waals surface area contributed by atoms with E-state index in [1.54, 1.807) is 6.92 Å². The Labute approximate surface area is 100 Å². The largest absolute Gasteiger partial charge is 0.348 e. The van der Waals surface area contributed by atoms with E-state index in [9.17, 15) is 9.18 Å². The van der Waals surface area contributed by atoms with Crippen LogP contribution in [0.2, 0.25) is 0 Å². The van der Waals surface area contributed by atoms with Gasteiger partial charge >= 0.3 is 0 Å². The summed E-state index contributed by atoms with van der Waals surface area (Å²) < 4.78 is 13.0. The molecule has 1 fully saturated rings. The summed E-state index contributed by atoms with van der Waals surface area (Å²) in [6, 6.07) is 1.75. The Hall–Kier alpha value is -1.45. The van der Waals surface area contributed by atoms with Gasteiger partial charge in [0.1, 0.15) is 11.5 Å². The van der Waals surface area contributed by atoms with E-state index in [0.29, 0.717) is 11.3 Å². The lowest BCUT2D eigenvalue weighted by atomic mass is 9.95. The van der Waals surface area contributed by atoms with Crippen LogP contribution in [0.1, 0.15) is 48.2 Å². The molecule has 0 spiro atoms. The van der Waals surface area contributed by atoms with Crippen LogP contribution in [0.15, 0.2) is 12.3 Å². The first kappa shape index (κ1) is 12.0. The standard InChI is InChI=1S/C13H17FN2O/c1-9-7-12(15-8-11(9)14)13(17)16-10-5-3-2-4-6-10/h7-8,10H,2-6H2,1H3,(H,16,17). The molecule has 0 unspecified atom stereocenters. The topological polar surface area (TPSA) is 42.0 Å². The Kier molecular flexibility index (Phi) is 3.71. The summed E-state index contributed by atoms with van der Waals surface area (Å²) in [5, 5.41) is 2.96. The number of pyridine rings is 1. The normalized spacial score (nSPS) is 16.8. The zero-order valence-corrected chi connectivity index (χ0v) is 10.0. The zero-order chi connectivity index (χ0) is 12.3. The van der Waals surface area contributed by atoms with Gasteiger partial charge in [0.15, 0.2) is 0 Å². The molecule has 2 rings (SSSR count). The summed E-state index contributed by atoms with van der Waals surface area (Å²) in [4.78, 5) is 15.7. The fraction of sp³-hybridized carbons (Fsp3) is 0.538. The van der Waals surface area contributed by atoms with Gasteiger partial charge in [-0.2, -0.15) is 0 Å². The highest BCUT2D eigenvalue weighted by atomic mass is 19.1. The third kappa shape index (κ3) is 3.02. The summed E-state index contributed by atoms with van der Waals surface area (Å²) in [5.74, 6) is -0.570. The van der Waals surface area contributed by atoms with Crippen LogP contribution in [-0.4, -0.2) is 16.9 Å². The first-order valence-corrected chi connectivity index (χ1v) is 6.10. The highest BCUT2D eigenvalue weighted by molar-refractivity contribution is 5.92. The van der Waals surface area contributed by atoms with E-state index in [-0.39, 0.29) is 17.8 Å². The van der Waals surface area contributed by atoms with Crippen LogP contribution in [0.4, 0.5) is 4.39 Å². The number of amides is 1. The van der Waals surface area contributed by atoms with Crippen molar-refractivity contribution in [1.29, 1.82) is 0 Å². The molecular weight excluding hydrogens is 219 g/mol. The molecule has 92 valence electrons. The van der Waals surface area contributed by atoms with Crippen molar-refractivity contribution in [2.45, 2.75) is 45.1 Å². The van der Waals surface area contributed by atoms with E-state index >= 15 is 0 Å². The van der Waals surface area contributed by atoms with Crippen molar-refractivity contribution in [3.8, 4) is 0 Å².